The highest BCUT2D eigenvalue weighted by atomic mass is 19.1. The molecule has 0 saturated heterocycles. The Morgan fingerprint density at radius 3 is 2.41 bits per heavy atom. The topological polar surface area (TPSA) is 76.7 Å². The van der Waals surface area contributed by atoms with E-state index in [0.717, 1.165) is 11.1 Å². The molecule has 0 spiro atoms. The van der Waals surface area contributed by atoms with Crippen LogP contribution in [0.1, 0.15) is 23.1 Å². The van der Waals surface area contributed by atoms with Gasteiger partial charge < -0.3 is 9.47 Å². The number of hydrogen-bond donors (Lipinski definition) is 2. The van der Waals surface area contributed by atoms with Crippen molar-refractivity contribution in [3.05, 3.63) is 58.9 Å². The third-order valence-electron chi connectivity index (χ3n) is 4.05. The van der Waals surface area contributed by atoms with Gasteiger partial charge in [0.25, 0.3) is 5.91 Å². The number of ether oxygens (including phenoxy) is 2. The third-order valence-corrected chi connectivity index (χ3v) is 4.05. The second kappa shape index (κ2) is 9.56. The standard InChI is InChI=1S/C20H23FN2O4/c1-13-4-7-16(10-14(13)2)27-12-20(25)23-22-19(24)9-6-15-5-8-18(26-3)17(21)11-15/h4-5,7-8,10-11H,6,9,12H2,1-3H3,(H,22,24)(H,23,25). The lowest BCUT2D eigenvalue weighted by Crippen LogP contribution is -2.43. The highest BCUT2D eigenvalue weighted by Crippen LogP contribution is 2.18. The lowest BCUT2D eigenvalue weighted by atomic mass is 10.1. The van der Waals surface area contributed by atoms with E-state index in [9.17, 15) is 14.0 Å². The van der Waals surface area contributed by atoms with Crippen molar-refractivity contribution in [2.24, 2.45) is 0 Å². The van der Waals surface area contributed by atoms with Crippen LogP contribution in [0.3, 0.4) is 0 Å². The van der Waals surface area contributed by atoms with E-state index in [-0.39, 0.29) is 24.7 Å². The summed E-state index contributed by atoms with van der Waals surface area (Å²) in [6.07, 6.45) is 0.436. The highest BCUT2D eigenvalue weighted by Gasteiger charge is 2.08. The highest BCUT2D eigenvalue weighted by molar-refractivity contribution is 5.82. The number of benzene rings is 2. The summed E-state index contributed by atoms with van der Waals surface area (Å²) < 4.78 is 23.8. The van der Waals surface area contributed by atoms with Gasteiger partial charge in [-0.1, -0.05) is 12.1 Å². The molecule has 0 aliphatic heterocycles. The molecule has 0 heterocycles. The number of nitrogens with one attached hydrogen (secondary N) is 2. The van der Waals surface area contributed by atoms with Gasteiger partial charge in [0.05, 0.1) is 7.11 Å². The van der Waals surface area contributed by atoms with Crippen molar-refractivity contribution in [2.75, 3.05) is 13.7 Å². The van der Waals surface area contributed by atoms with Crippen molar-refractivity contribution >= 4 is 11.8 Å². The van der Waals surface area contributed by atoms with E-state index in [2.05, 4.69) is 10.9 Å². The van der Waals surface area contributed by atoms with Gasteiger partial charge in [-0.2, -0.15) is 0 Å². The molecule has 0 aliphatic rings. The van der Waals surface area contributed by atoms with E-state index in [4.69, 9.17) is 9.47 Å². The van der Waals surface area contributed by atoms with Crippen molar-refractivity contribution in [3.8, 4) is 11.5 Å². The van der Waals surface area contributed by atoms with E-state index in [0.29, 0.717) is 17.7 Å². The molecule has 0 bridgehead atoms. The molecule has 2 aromatic rings. The van der Waals surface area contributed by atoms with E-state index in [1.807, 2.05) is 26.0 Å². The number of aryl methyl sites for hydroxylation is 3. The fraction of sp³-hybridized carbons (Fsp3) is 0.300. The molecule has 0 aromatic heterocycles. The summed E-state index contributed by atoms with van der Waals surface area (Å²) in [6, 6.07) is 10.0. The van der Waals surface area contributed by atoms with Gasteiger partial charge in [-0.25, -0.2) is 4.39 Å². The van der Waals surface area contributed by atoms with Crippen LogP contribution in [-0.4, -0.2) is 25.5 Å². The Bertz CT molecular complexity index is 824. The first kappa shape index (κ1) is 20.2. The normalized spacial score (nSPS) is 10.2. The summed E-state index contributed by atoms with van der Waals surface area (Å²) in [5, 5.41) is 0. The van der Waals surface area contributed by atoms with Crippen LogP contribution >= 0.6 is 0 Å². The van der Waals surface area contributed by atoms with Crippen LogP contribution < -0.4 is 20.3 Å². The number of methoxy groups -OCH3 is 1. The summed E-state index contributed by atoms with van der Waals surface area (Å²) in [7, 11) is 1.39. The number of carbonyl (C=O) groups is 2. The minimum atomic E-state index is -0.479. The number of rotatable bonds is 7. The van der Waals surface area contributed by atoms with Crippen molar-refractivity contribution in [3.63, 3.8) is 0 Å². The Morgan fingerprint density at radius 2 is 1.74 bits per heavy atom. The summed E-state index contributed by atoms with van der Waals surface area (Å²) in [5.41, 5.74) is 7.46. The van der Waals surface area contributed by atoms with E-state index >= 15 is 0 Å². The van der Waals surface area contributed by atoms with Crippen LogP contribution in [0.2, 0.25) is 0 Å². The molecule has 0 unspecified atom stereocenters. The first-order valence-electron chi connectivity index (χ1n) is 8.49. The lowest BCUT2D eigenvalue weighted by molar-refractivity contribution is -0.130. The monoisotopic (exact) mass is 374 g/mol. The predicted molar refractivity (Wildman–Crippen MR) is 99.0 cm³/mol. The van der Waals surface area contributed by atoms with E-state index in [1.165, 1.54) is 19.2 Å². The Morgan fingerprint density at radius 1 is 1.00 bits per heavy atom. The van der Waals surface area contributed by atoms with Crippen LogP contribution in [0.5, 0.6) is 11.5 Å². The van der Waals surface area contributed by atoms with Crippen molar-refractivity contribution < 1.29 is 23.5 Å². The Hall–Kier alpha value is -3.09. The van der Waals surface area contributed by atoms with Gasteiger partial charge in [0.15, 0.2) is 18.2 Å². The van der Waals surface area contributed by atoms with Crippen LogP contribution in [0.15, 0.2) is 36.4 Å². The zero-order valence-electron chi connectivity index (χ0n) is 15.6. The van der Waals surface area contributed by atoms with Crippen LogP contribution in [0.4, 0.5) is 4.39 Å². The molecule has 2 rings (SSSR count). The van der Waals surface area contributed by atoms with Crippen LogP contribution in [0, 0.1) is 19.7 Å². The summed E-state index contributed by atoms with van der Waals surface area (Å²) in [5.74, 6) is -0.602. The zero-order valence-corrected chi connectivity index (χ0v) is 15.6. The first-order valence-corrected chi connectivity index (χ1v) is 8.49. The summed E-state index contributed by atoms with van der Waals surface area (Å²) in [6.45, 7) is 3.73. The first-order chi connectivity index (χ1) is 12.9. The van der Waals surface area contributed by atoms with Gasteiger partial charge in [-0.3, -0.25) is 20.4 Å². The van der Waals surface area contributed by atoms with Crippen molar-refractivity contribution in [1.29, 1.82) is 0 Å². The number of amides is 2. The van der Waals surface area contributed by atoms with Crippen molar-refractivity contribution in [1.82, 2.24) is 10.9 Å². The van der Waals surface area contributed by atoms with Crippen LogP contribution in [-0.2, 0) is 16.0 Å². The molecule has 0 fully saturated rings. The average molecular weight is 374 g/mol. The molecular formula is C20H23FN2O4. The molecule has 2 aromatic carbocycles. The largest absolute Gasteiger partial charge is 0.494 e. The molecule has 27 heavy (non-hydrogen) atoms. The molecule has 0 saturated carbocycles. The second-order valence-electron chi connectivity index (χ2n) is 6.10. The number of carbonyl (C=O) groups excluding carboxylic acids is 2. The fourth-order valence-corrected chi connectivity index (χ4v) is 2.31. The van der Waals surface area contributed by atoms with Gasteiger partial charge >= 0.3 is 0 Å². The van der Waals surface area contributed by atoms with Gasteiger partial charge in [-0.05, 0) is 61.2 Å². The summed E-state index contributed by atoms with van der Waals surface area (Å²) in [4.78, 5) is 23.5. The van der Waals surface area contributed by atoms with Gasteiger partial charge in [-0.15, -0.1) is 0 Å². The van der Waals surface area contributed by atoms with E-state index in [1.54, 1.807) is 12.1 Å². The maximum absolute atomic E-state index is 13.6. The molecule has 7 heteroatoms. The molecule has 0 atom stereocenters. The minimum absolute atomic E-state index is 0.101. The third kappa shape index (κ3) is 6.29. The van der Waals surface area contributed by atoms with Gasteiger partial charge in [0.2, 0.25) is 5.91 Å². The number of hydrazine groups is 1. The molecule has 2 N–H and O–H groups in total. The molecule has 144 valence electrons. The summed E-state index contributed by atoms with van der Waals surface area (Å²) >= 11 is 0. The Labute approximate surface area is 157 Å². The average Bonchev–Trinajstić information content (AvgIpc) is 2.65. The number of hydrogen-bond acceptors (Lipinski definition) is 4. The molecule has 0 radical (unpaired) electrons. The second-order valence-corrected chi connectivity index (χ2v) is 6.10. The number of halogens is 1. The maximum atomic E-state index is 13.6. The van der Waals surface area contributed by atoms with Gasteiger partial charge in [0.1, 0.15) is 5.75 Å². The van der Waals surface area contributed by atoms with Crippen molar-refractivity contribution in [2.45, 2.75) is 26.7 Å². The Balaban J connectivity index is 1.70. The Kier molecular flexibility index (Phi) is 7.16. The predicted octanol–water partition coefficient (Wildman–Crippen LogP) is 2.61. The SMILES string of the molecule is COc1ccc(CCC(=O)NNC(=O)COc2ccc(C)c(C)c2)cc1F. The van der Waals surface area contributed by atoms with Gasteiger partial charge in [0, 0.05) is 6.42 Å². The minimum Gasteiger partial charge on any atom is -0.494 e. The smallest absolute Gasteiger partial charge is 0.276 e. The molecule has 0 aliphatic carbocycles. The molecule has 6 nitrogen and oxygen atoms in total. The molecule has 2 amide bonds. The fourth-order valence-electron chi connectivity index (χ4n) is 2.31. The van der Waals surface area contributed by atoms with E-state index < -0.39 is 11.7 Å². The quantitative estimate of drug-likeness (QED) is 0.731. The molecular weight excluding hydrogens is 351 g/mol. The van der Waals surface area contributed by atoms with Crippen LogP contribution in [0.25, 0.3) is 0 Å². The maximum Gasteiger partial charge on any atom is 0.276 e. The lowest BCUT2D eigenvalue weighted by Gasteiger charge is -2.10. The zero-order chi connectivity index (χ0) is 19.8.